The predicted octanol–water partition coefficient (Wildman–Crippen LogP) is 12.1. The molecule has 0 saturated carbocycles. The Morgan fingerprint density at radius 3 is 2.06 bits per heavy atom. The third-order valence-corrected chi connectivity index (χ3v) is 11.4. The zero-order chi connectivity index (χ0) is 34.4. The highest BCUT2D eigenvalue weighted by Crippen LogP contribution is 2.55. The van der Waals surface area contributed by atoms with Gasteiger partial charge in [0, 0.05) is 43.9 Å². The van der Waals surface area contributed by atoms with Crippen LogP contribution in [0, 0.1) is 0 Å². The van der Waals surface area contributed by atoms with Crippen LogP contribution < -0.4 is 0 Å². The molecule has 0 N–H and O–H groups in total. The minimum atomic E-state index is -0.151. The lowest BCUT2D eigenvalue weighted by Crippen LogP contribution is -2.19. The van der Waals surface area contributed by atoms with E-state index in [4.69, 9.17) is 19.4 Å². The second-order valence-corrected chi connectivity index (χ2v) is 14.3. The minimum absolute atomic E-state index is 0.131. The molecule has 244 valence electrons. The van der Waals surface area contributed by atoms with Crippen molar-refractivity contribution in [1.82, 2.24) is 15.0 Å². The molecule has 2 aliphatic carbocycles. The lowest BCUT2D eigenvalue weighted by atomic mass is 9.77. The molecule has 2 aliphatic rings. The first-order chi connectivity index (χ1) is 24.3. The molecule has 1 unspecified atom stereocenters. The van der Waals surface area contributed by atoms with E-state index in [0.717, 1.165) is 45.0 Å². The summed E-state index contributed by atoms with van der Waals surface area (Å²) in [4.78, 5) is 15.5. The zero-order valence-electron chi connectivity index (χ0n) is 29.4. The van der Waals surface area contributed by atoms with E-state index in [0.29, 0.717) is 17.5 Å². The fourth-order valence-electron chi connectivity index (χ4n) is 8.76. The number of fused-ring (bicyclic) bond motifs is 8. The summed E-state index contributed by atoms with van der Waals surface area (Å²) in [6, 6.07) is 36.3. The number of benzene rings is 5. The fourth-order valence-corrected chi connectivity index (χ4v) is 8.76. The quantitative estimate of drug-likeness (QED) is 0.190. The van der Waals surface area contributed by atoms with Gasteiger partial charge in [-0.1, -0.05) is 125 Å². The largest absolute Gasteiger partial charge is 0.456 e. The van der Waals surface area contributed by atoms with Crippen molar-refractivity contribution in [3.63, 3.8) is 0 Å². The smallest absolute Gasteiger partial charge is 0.164 e. The molecule has 0 saturated heterocycles. The topological polar surface area (TPSA) is 51.8 Å². The molecule has 5 aromatic carbocycles. The molecule has 0 radical (unpaired) electrons. The Kier molecular flexibility index (Phi) is 6.67. The summed E-state index contributed by atoms with van der Waals surface area (Å²) >= 11 is 0. The molecule has 50 heavy (non-hydrogen) atoms. The molecule has 0 bridgehead atoms. The normalized spacial score (nSPS) is 19.0. The maximum Gasteiger partial charge on any atom is 0.164 e. The molecule has 0 amide bonds. The van der Waals surface area contributed by atoms with E-state index in [2.05, 4.69) is 139 Å². The van der Waals surface area contributed by atoms with E-state index in [1.165, 1.54) is 44.5 Å². The van der Waals surface area contributed by atoms with Crippen LogP contribution in [0.4, 0.5) is 0 Å². The molecular formula is C46H39N3O. The van der Waals surface area contributed by atoms with E-state index in [9.17, 15) is 0 Å². The van der Waals surface area contributed by atoms with E-state index < -0.39 is 0 Å². The molecule has 9 rings (SSSR count). The van der Waals surface area contributed by atoms with Gasteiger partial charge in [-0.15, -0.1) is 0 Å². The number of allylic oxidation sites excluding steroid dienone is 4. The monoisotopic (exact) mass is 649 g/mol. The van der Waals surface area contributed by atoms with Gasteiger partial charge < -0.3 is 4.42 Å². The summed E-state index contributed by atoms with van der Waals surface area (Å²) < 4.78 is 6.85. The van der Waals surface area contributed by atoms with Crippen LogP contribution in [0.3, 0.4) is 0 Å². The average Bonchev–Trinajstić information content (AvgIpc) is 3.74. The molecule has 2 heterocycles. The Labute approximate surface area is 293 Å². The summed E-state index contributed by atoms with van der Waals surface area (Å²) in [5, 5.41) is 2.11. The number of hydrogen-bond acceptors (Lipinski definition) is 4. The second kappa shape index (κ2) is 10.9. The Balaban J connectivity index is 1.28. The van der Waals surface area contributed by atoms with Gasteiger partial charge in [0.15, 0.2) is 17.5 Å². The summed E-state index contributed by atoms with van der Waals surface area (Å²) in [6.07, 6.45) is 5.49. The standard InChI is InChI=1S/C46H39N3O/c1-7-29-32-24-25-33-39-34(19-15-21-38(39)50-41(33)40(32)46(6,9-3)35(29)8-2)44-48-42(27-16-11-10-12-17-27)47-43(49-44)28-22-23-31-30-18-13-14-20-36(30)45(4,5)37(31)26-28/h7-8,10-26H,9H2,1-6H3/b29-7-,35-8?. The van der Waals surface area contributed by atoms with Crippen molar-refractivity contribution in [3.8, 4) is 45.3 Å². The third kappa shape index (κ3) is 4.14. The van der Waals surface area contributed by atoms with Crippen molar-refractivity contribution in [2.45, 2.75) is 58.8 Å². The van der Waals surface area contributed by atoms with E-state index >= 15 is 0 Å². The van der Waals surface area contributed by atoms with Gasteiger partial charge in [0.25, 0.3) is 0 Å². The van der Waals surface area contributed by atoms with Crippen LogP contribution in [0.5, 0.6) is 0 Å². The number of rotatable bonds is 4. The molecule has 7 aromatic rings. The molecular weight excluding hydrogens is 611 g/mol. The van der Waals surface area contributed by atoms with Gasteiger partial charge in [-0.3, -0.25) is 0 Å². The first-order valence-electron chi connectivity index (χ1n) is 17.7. The van der Waals surface area contributed by atoms with E-state index in [-0.39, 0.29) is 10.8 Å². The zero-order valence-corrected chi connectivity index (χ0v) is 29.4. The van der Waals surface area contributed by atoms with Crippen LogP contribution >= 0.6 is 0 Å². The lowest BCUT2D eigenvalue weighted by Gasteiger charge is -2.26. The Bertz CT molecular complexity index is 2590. The van der Waals surface area contributed by atoms with Crippen LogP contribution in [0.15, 0.2) is 125 Å². The van der Waals surface area contributed by atoms with Gasteiger partial charge in [-0.05, 0) is 77.4 Å². The van der Waals surface area contributed by atoms with Crippen LogP contribution in [-0.4, -0.2) is 15.0 Å². The van der Waals surface area contributed by atoms with Gasteiger partial charge in [0.1, 0.15) is 11.2 Å². The third-order valence-electron chi connectivity index (χ3n) is 11.4. The van der Waals surface area contributed by atoms with Crippen molar-refractivity contribution in [2.24, 2.45) is 0 Å². The Morgan fingerprint density at radius 1 is 0.620 bits per heavy atom. The fraction of sp³-hybridized carbons (Fsp3) is 0.196. The first kappa shape index (κ1) is 30.4. The average molecular weight is 650 g/mol. The van der Waals surface area contributed by atoms with Crippen molar-refractivity contribution >= 4 is 27.5 Å². The number of furan rings is 1. The Morgan fingerprint density at radius 2 is 1.30 bits per heavy atom. The van der Waals surface area contributed by atoms with Crippen LogP contribution in [0.25, 0.3) is 72.8 Å². The van der Waals surface area contributed by atoms with Gasteiger partial charge in [-0.2, -0.15) is 0 Å². The molecule has 4 heteroatoms. The van der Waals surface area contributed by atoms with Crippen molar-refractivity contribution in [2.75, 3.05) is 0 Å². The van der Waals surface area contributed by atoms with E-state index in [1.807, 2.05) is 18.2 Å². The van der Waals surface area contributed by atoms with Gasteiger partial charge in [0.05, 0.1) is 0 Å². The van der Waals surface area contributed by atoms with Gasteiger partial charge in [-0.25, -0.2) is 15.0 Å². The summed E-state index contributed by atoms with van der Waals surface area (Å²) in [6.45, 7) is 13.5. The highest BCUT2D eigenvalue weighted by Gasteiger charge is 2.42. The lowest BCUT2D eigenvalue weighted by molar-refractivity contribution is 0.553. The van der Waals surface area contributed by atoms with Crippen molar-refractivity contribution in [3.05, 3.63) is 143 Å². The summed E-state index contributed by atoms with van der Waals surface area (Å²) in [7, 11) is 0. The molecule has 0 fully saturated rings. The summed E-state index contributed by atoms with van der Waals surface area (Å²) in [5.41, 5.74) is 14.8. The highest BCUT2D eigenvalue weighted by atomic mass is 16.3. The summed E-state index contributed by atoms with van der Waals surface area (Å²) in [5.74, 6) is 1.93. The van der Waals surface area contributed by atoms with E-state index in [1.54, 1.807) is 0 Å². The SMILES string of the molecule is CC=C1/C(=C\C)c2ccc3c(oc4cccc(-c5nc(-c6ccccc6)nc(-c6ccc7c(c6)C(C)(C)c6ccccc6-7)n5)c43)c2C1(C)CC. The highest BCUT2D eigenvalue weighted by molar-refractivity contribution is 6.14. The van der Waals surface area contributed by atoms with Crippen LogP contribution in [0.2, 0.25) is 0 Å². The maximum atomic E-state index is 6.85. The molecule has 1 atom stereocenters. The number of hydrogen-bond donors (Lipinski definition) is 0. The van der Waals surface area contributed by atoms with Crippen molar-refractivity contribution < 1.29 is 4.42 Å². The van der Waals surface area contributed by atoms with Gasteiger partial charge >= 0.3 is 0 Å². The van der Waals surface area contributed by atoms with Crippen LogP contribution in [-0.2, 0) is 10.8 Å². The van der Waals surface area contributed by atoms with Crippen LogP contribution in [0.1, 0.15) is 70.2 Å². The molecule has 2 aromatic heterocycles. The number of nitrogens with zero attached hydrogens (tertiary/aromatic N) is 3. The molecule has 0 aliphatic heterocycles. The maximum absolute atomic E-state index is 6.85. The molecule has 0 spiro atoms. The van der Waals surface area contributed by atoms with Crippen molar-refractivity contribution in [1.29, 1.82) is 0 Å². The first-order valence-corrected chi connectivity index (χ1v) is 17.7. The predicted molar refractivity (Wildman–Crippen MR) is 206 cm³/mol. The Hall–Kier alpha value is -5.61. The minimum Gasteiger partial charge on any atom is -0.456 e. The number of aromatic nitrogens is 3. The molecule has 4 nitrogen and oxygen atoms in total. The van der Waals surface area contributed by atoms with Gasteiger partial charge in [0.2, 0.25) is 0 Å². The second-order valence-electron chi connectivity index (χ2n) is 14.3.